The van der Waals surface area contributed by atoms with Crippen LogP contribution in [0.25, 0.3) is 0 Å². The average molecular weight is 500 g/mol. The first-order valence-electron chi connectivity index (χ1n) is 11.9. The lowest BCUT2D eigenvalue weighted by Gasteiger charge is -2.22. The quantitative estimate of drug-likeness (QED) is 0.410. The van der Waals surface area contributed by atoms with Crippen molar-refractivity contribution in [2.24, 2.45) is 5.92 Å². The van der Waals surface area contributed by atoms with Crippen molar-refractivity contribution in [3.63, 3.8) is 0 Å². The highest BCUT2D eigenvalue weighted by molar-refractivity contribution is 8.14. The zero-order chi connectivity index (χ0) is 24.3. The molecule has 0 aromatic heterocycles. The Morgan fingerprint density at radius 1 is 0.971 bits per heavy atom. The number of aliphatic carboxylic acids is 1. The van der Waals surface area contributed by atoms with Crippen molar-refractivity contribution in [2.75, 3.05) is 11.5 Å². The number of benzene rings is 2. The number of hydrogen-bond donors (Lipinski definition) is 2. The Morgan fingerprint density at radius 2 is 1.65 bits per heavy atom. The second-order valence-corrected chi connectivity index (χ2v) is 10.9. The van der Waals surface area contributed by atoms with E-state index < -0.39 is 17.9 Å². The van der Waals surface area contributed by atoms with Crippen LogP contribution in [-0.2, 0) is 15.3 Å². The predicted octanol–water partition coefficient (Wildman–Crippen LogP) is 5.75. The van der Waals surface area contributed by atoms with Gasteiger partial charge in [0, 0.05) is 28.7 Å². The monoisotopic (exact) mass is 499 g/mol. The van der Waals surface area contributed by atoms with Crippen molar-refractivity contribution in [1.29, 1.82) is 0 Å². The van der Waals surface area contributed by atoms with Crippen LogP contribution in [0.15, 0.2) is 54.6 Å². The van der Waals surface area contributed by atoms with Gasteiger partial charge in [0.1, 0.15) is 6.04 Å². The second-order valence-electron chi connectivity index (χ2n) is 8.86. The Labute approximate surface area is 210 Å². The molecule has 1 fully saturated rings. The highest BCUT2D eigenvalue weighted by Gasteiger charge is 2.24. The summed E-state index contributed by atoms with van der Waals surface area (Å²) in [7, 11) is 0. The summed E-state index contributed by atoms with van der Waals surface area (Å²) in [6, 6.07) is 16.6. The van der Waals surface area contributed by atoms with Crippen molar-refractivity contribution in [1.82, 2.24) is 5.32 Å². The molecule has 1 amide bonds. The number of rotatable bonds is 11. The molecule has 0 saturated heterocycles. The lowest BCUT2D eigenvalue weighted by atomic mass is 9.84. The van der Waals surface area contributed by atoms with Gasteiger partial charge in [-0.1, -0.05) is 92.5 Å². The molecule has 2 atom stereocenters. The smallest absolute Gasteiger partial charge is 0.327 e. The van der Waals surface area contributed by atoms with Gasteiger partial charge in [0.2, 0.25) is 11.0 Å². The number of carboxylic acid groups (broad SMARTS) is 1. The molecule has 1 aliphatic carbocycles. The molecule has 1 saturated carbocycles. The molecule has 0 radical (unpaired) electrons. The van der Waals surface area contributed by atoms with Gasteiger partial charge in [-0.05, 0) is 29.9 Å². The molecule has 3 rings (SSSR count). The van der Waals surface area contributed by atoms with Crippen LogP contribution in [0.3, 0.4) is 0 Å². The van der Waals surface area contributed by atoms with Crippen molar-refractivity contribution in [3.05, 3.63) is 71.3 Å². The first-order valence-corrected chi connectivity index (χ1v) is 14.0. The minimum atomic E-state index is -1.05. The minimum absolute atomic E-state index is 0.0971. The Bertz CT molecular complexity index is 943. The molecule has 5 nitrogen and oxygen atoms in total. The van der Waals surface area contributed by atoms with Gasteiger partial charge in [-0.3, -0.25) is 9.59 Å². The summed E-state index contributed by atoms with van der Waals surface area (Å²) in [5.74, 6) is 0.0799. The first kappa shape index (κ1) is 26.4. The third kappa shape index (κ3) is 8.20. The Morgan fingerprint density at radius 3 is 2.29 bits per heavy atom. The zero-order valence-electron chi connectivity index (χ0n) is 19.6. The molecular weight excluding hydrogens is 466 g/mol. The van der Waals surface area contributed by atoms with Crippen molar-refractivity contribution < 1.29 is 19.5 Å². The van der Waals surface area contributed by atoms with Crippen LogP contribution >= 0.6 is 23.5 Å². The summed E-state index contributed by atoms with van der Waals surface area (Å²) in [6.07, 6.45) is 6.50. The summed E-state index contributed by atoms with van der Waals surface area (Å²) in [4.78, 5) is 36.4. The van der Waals surface area contributed by atoms with E-state index in [1.165, 1.54) is 49.4 Å². The van der Waals surface area contributed by atoms with Crippen LogP contribution in [0.1, 0.15) is 66.4 Å². The lowest BCUT2D eigenvalue weighted by molar-refractivity contribution is -0.141. The summed E-state index contributed by atoms with van der Waals surface area (Å²) in [5, 5.41) is 12.1. The highest BCUT2D eigenvalue weighted by atomic mass is 32.2. The number of hydrogen-bond acceptors (Lipinski definition) is 5. The van der Waals surface area contributed by atoms with Gasteiger partial charge in [-0.2, -0.15) is 11.8 Å². The van der Waals surface area contributed by atoms with Gasteiger partial charge in [-0.25, -0.2) is 4.79 Å². The molecular formula is C27H33NO4S2. The fourth-order valence-corrected chi connectivity index (χ4v) is 5.90. The van der Waals surface area contributed by atoms with E-state index >= 15 is 0 Å². The predicted molar refractivity (Wildman–Crippen MR) is 140 cm³/mol. The van der Waals surface area contributed by atoms with E-state index in [1.807, 2.05) is 6.07 Å². The van der Waals surface area contributed by atoms with E-state index in [4.69, 9.17) is 0 Å². The number of carbonyl (C=O) groups is 3. The standard InChI is InChI=1S/C27H33NO4S2/c1-19(16-34-27(32)23-10-6-3-7-11-23)25(29)28-24(26(30)31)18-33-17-20-12-14-22(15-13-20)21-8-4-2-5-9-21/h3,6-7,10-15,19,21,24H,2,4-5,8-9,16-18H2,1H3,(H,28,29)(H,30,31)/t19-,24+/m1/s1. The normalized spacial score (nSPS) is 15.9. The molecule has 2 aromatic rings. The molecule has 0 unspecified atom stereocenters. The highest BCUT2D eigenvalue weighted by Crippen LogP contribution is 2.32. The molecule has 34 heavy (non-hydrogen) atoms. The van der Waals surface area contributed by atoms with Gasteiger partial charge in [0.05, 0.1) is 0 Å². The Balaban J connectivity index is 1.42. The van der Waals surface area contributed by atoms with Crippen molar-refractivity contribution >= 4 is 40.5 Å². The van der Waals surface area contributed by atoms with Crippen molar-refractivity contribution in [2.45, 2.75) is 56.7 Å². The molecule has 182 valence electrons. The fraction of sp³-hybridized carbons (Fsp3) is 0.444. The summed E-state index contributed by atoms with van der Waals surface area (Å²) in [5.41, 5.74) is 3.15. The van der Waals surface area contributed by atoms with E-state index in [2.05, 4.69) is 29.6 Å². The number of amides is 1. The summed E-state index contributed by atoms with van der Waals surface area (Å²) in [6.45, 7) is 1.71. The van der Waals surface area contributed by atoms with Crippen LogP contribution in [0.4, 0.5) is 0 Å². The first-order chi connectivity index (χ1) is 16.4. The van der Waals surface area contributed by atoms with Gasteiger partial charge in [0.25, 0.3) is 0 Å². The van der Waals surface area contributed by atoms with E-state index in [9.17, 15) is 19.5 Å². The van der Waals surface area contributed by atoms with E-state index in [1.54, 1.807) is 31.2 Å². The number of carboxylic acids is 1. The lowest BCUT2D eigenvalue weighted by Crippen LogP contribution is -2.45. The van der Waals surface area contributed by atoms with Crippen LogP contribution in [0.5, 0.6) is 0 Å². The van der Waals surface area contributed by atoms with Crippen LogP contribution in [-0.4, -0.2) is 39.6 Å². The van der Waals surface area contributed by atoms with E-state index in [-0.39, 0.29) is 16.8 Å². The average Bonchev–Trinajstić information content (AvgIpc) is 2.87. The molecule has 0 aliphatic heterocycles. The maximum Gasteiger partial charge on any atom is 0.327 e. The minimum Gasteiger partial charge on any atom is -0.480 e. The van der Waals surface area contributed by atoms with Crippen molar-refractivity contribution in [3.8, 4) is 0 Å². The fourth-order valence-electron chi connectivity index (χ4n) is 4.04. The Kier molecular flexibility index (Phi) is 10.5. The maximum atomic E-state index is 12.5. The SMILES string of the molecule is C[C@H](CSC(=O)c1ccccc1)C(=O)N[C@@H](CSCc1ccc(C2CCCCC2)cc1)C(=O)O. The van der Waals surface area contributed by atoms with Gasteiger partial charge in [-0.15, -0.1) is 0 Å². The van der Waals surface area contributed by atoms with Crippen LogP contribution < -0.4 is 5.32 Å². The summed E-state index contributed by atoms with van der Waals surface area (Å²) >= 11 is 2.57. The molecule has 2 N–H and O–H groups in total. The molecule has 2 aromatic carbocycles. The number of thioether (sulfide) groups is 2. The third-order valence-electron chi connectivity index (χ3n) is 6.15. The molecule has 0 heterocycles. The summed E-state index contributed by atoms with van der Waals surface area (Å²) < 4.78 is 0. The van der Waals surface area contributed by atoms with E-state index in [0.717, 1.165) is 17.3 Å². The topological polar surface area (TPSA) is 83.5 Å². The van der Waals surface area contributed by atoms with Crippen LogP contribution in [0.2, 0.25) is 0 Å². The largest absolute Gasteiger partial charge is 0.480 e. The van der Waals surface area contributed by atoms with Crippen LogP contribution in [0, 0.1) is 5.92 Å². The van der Waals surface area contributed by atoms with Gasteiger partial charge in [0.15, 0.2) is 0 Å². The van der Waals surface area contributed by atoms with Gasteiger partial charge < -0.3 is 10.4 Å². The molecule has 0 bridgehead atoms. The molecule has 0 spiro atoms. The Hall–Kier alpha value is -2.25. The third-order valence-corrected chi connectivity index (χ3v) is 8.42. The maximum absolute atomic E-state index is 12.5. The molecule has 1 aliphatic rings. The van der Waals surface area contributed by atoms with E-state index in [0.29, 0.717) is 23.0 Å². The number of carbonyl (C=O) groups excluding carboxylic acids is 2. The second kappa shape index (κ2) is 13.6. The van der Waals surface area contributed by atoms with Gasteiger partial charge >= 0.3 is 5.97 Å². The molecule has 7 heteroatoms. The zero-order valence-corrected chi connectivity index (χ0v) is 21.2. The number of nitrogens with one attached hydrogen (secondary N) is 1.